The first-order chi connectivity index (χ1) is 51.7. The van der Waals surface area contributed by atoms with Gasteiger partial charge in [-0.1, -0.05) is 54.6 Å². The molecular formula is C91H77N10O5+5. The normalized spacial score (nSPS) is 11.3. The number of rotatable bonds is 5. The quantitative estimate of drug-likeness (QED) is 0.152. The lowest BCUT2D eigenvalue weighted by Crippen LogP contribution is -2.31. The first kappa shape index (κ1) is 67.1. The predicted molar refractivity (Wildman–Crippen MR) is 419 cm³/mol. The number of fused-ring (bicyclic) bond motifs is 15. The van der Waals surface area contributed by atoms with Gasteiger partial charge in [-0.05, 0) is 155 Å². The van der Waals surface area contributed by atoms with E-state index in [4.69, 9.17) is 22.1 Å². The molecule has 106 heavy (non-hydrogen) atoms. The highest BCUT2D eigenvalue weighted by atomic mass is 16.4. The summed E-state index contributed by atoms with van der Waals surface area (Å²) in [5.74, 6) is 0. The third-order valence-corrected chi connectivity index (χ3v) is 19.9. The molecule has 0 spiro atoms. The molecule has 5 aromatic carbocycles. The van der Waals surface area contributed by atoms with Gasteiger partial charge < -0.3 is 22.1 Å². The fourth-order valence-corrected chi connectivity index (χ4v) is 14.8. The number of hydrogen-bond donors (Lipinski definition) is 0. The number of nitrogens with zero attached hydrogens (tertiary/aromatic N) is 10. The van der Waals surface area contributed by atoms with Gasteiger partial charge in [-0.2, -0.15) is 0 Å². The molecule has 0 saturated carbocycles. The van der Waals surface area contributed by atoms with Crippen LogP contribution in [0.25, 0.3) is 166 Å². The molecule has 0 fully saturated rings. The van der Waals surface area contributed by atoms with Gasteiger partial charge in [0.25, 0.3) is 0 Å². The van der Waals surface area contributed by atoms with Crippen molar-refractivity contribution >= 4 is 110 Å². The SMILES string of the molecule is Cc1ccc(-c2c(C)ccc3oc4ncccc4c23)[n+](C)c1.Cc1ccc2oc3cccnc3c2c1-c1cccc[n+]1C.Cc1ccc2oc3ccncc3c2c1-c1cccc[n+]1C.Cc1cnc2oc3ccccc3c2c1-c1cccc[n+]1C.Cc1ncc2oc3ccccc3c2c1-c1cccc[n+]1C. The molecule has 0 unspecified atom stereocenters. The molecule has 0 aliphatic carbocycles. The van der Waals surface area contributed by atoms with Gasteiger partial charge in [-0.25, -0.2) is 32.8 Å². The Labute approximate surface area is 611 Å². The van der Waals surface area contributed by atoms with Crippen LogP contribution in [-0.4, -0.2) is 24.9 Å². The van der Waals surface area contributed by atoms with Crippen molar-refractivity contribution in [1.29, 1.82) is 0 Å². The van der Waals surface area contributed by atoms with Crippen molar-refractivity contribution in [2.45, 2.75) is 41.5 Å². The van der Waals surface area contributed by atoms with Gasteiger partial charge in [-0.15, -0.1) is 0 Å². The average Bonchev–Trinajstić information content (AvgIpc) is 1.66. The van der Waals surface area contributed by atoms with Crippen LogP contribution in [0.15, 0.2) is 290 Å². The second-order valence-electron chi connectivity index (χ2n) is 26.9. The Morgan fingerprint density at radius 1 is 0.264 bits per heavy atom. The van der Waals surface area contributed by atoms with Crippen molar-refractivity contribution in [1.82, 2.24) is 24.9 Å². The van der Waals surface area contributed by atoms with Crippen molar-refractivity contribution in [3.63, 3.8) is 0 Å². The van der Waals surface area contributed by atoms with Crippen LogP contribution in [0.3, 0.4) is 0 Å². The van der Waals surface area contributed by atoms with Gasteiger partial charge in [-0.3, -0.25) is 15.0 Å². The van der Waals surface area contributed by atoms with Crippen LogP contribution in [0.5, 0.6) is 0 Å². The lowest BCUT2D eigenvalue weighted by atomic mass is 9.98. The summed E-state index contributed by atoms with van der Waals surface area (Å²) in [5.41, 5.74) is 28.2. The standard InChI is InChI=1S/C19H17N2O.4C18H15N2O/c1-12-6-8-15(21(3)11-12)17-13(2)7-9-16-18(17)14-5-4-10-20-19(14)22-16;1-12-17(14-8-5-6-10-20(14)2)18-13-7-3-4-9-15(13)21-16(18)11-19-12;1-12-11-19-18-17(13-7-3-4-9-15(13)21-18)16(12)14-8-5-6-10-20(14)2;1-12-8-9-14-17(18-15(21-14)7-5-10-19-18)16(12)13-6-3-4-11-20(13)2;1-12-6-7-16-18(13-11-19-9-8-15(13)21-16)17(12)14-5-3-4-10-20(14)2/h4-11H,1-3H3;4*3-11H,1-2H3/q5*+1. The molecule has 0 aliphatic rings. The highest BCUT2D eigenvalue weighted by Crippen LogP contribution is 2.42. The fraction of sp³-hybridized carbons (Fsp3) is 0.121. The van der Waals surface area contributed by atoms with Crippen LogP contribution < -0.4 is 22.8 Å². The molecule has 0 saturated heterocycles. The van der Waals surface area contributed by atoms with E-state index in [-0.39, 0.29) is 0 Å². The van der Waals surface area contributed by atoms with E-state index in [0.29, 0.717) is 11.4 Å². The summed E-state index contributed by atoms with van der Waals surface area (Å²) >= 11 is 0. The number of benzene rings is 5. The predicted octanol–water partition coefficient (Wildman–Crippen LogP) is 19.2. The second kappa shape index (κ2) is 28.1. The van der Waals surface area contributed by atoms with Gasteiger partial charge in [0.15, 0.2) is 42.2 Å². The maximum atomic E-state index is 5.96. The summed E-state index contributed by atoms with van der Waals surface area (Å²) in [6.07, 6.45) is 21.3. The minimum absolute atomic E-state index is 0.694. The molecular weight excluding hydrogens is 1310 g/mol. The van der Waals surface area contributed by atoms with Crippen LogP contribution in [0.1, 0.15) is 33.5 Å². The Balaban J connectivity index is 0.000000102. The monoisotopic (exact) mass is 1390 g/mol. The third kappa shape index (κ3) is 12.3. The molecule has 0 atom stereocenters. The summed E-state index contributed by atoms with van der Waals surface area (Å²) in [7, 11) is 10.3. The number of aromatic nitrogens is 10. The Morgan fingerprint density at radius 3 is 1.32 bits per heavy atom. The highest BCUT2D eigenvalue weighted by Gasteiger charge is 2.26. The molecule has 0 amide bonds. The Hall–Kier alpha value is -13.4. The Kier molecular flexibility index (Phi) is 17.8. The summed E-state index contributed by atoms with van der Waals surface area (Å²) < 4.78 is 40.3. The van der Waals surface area contributed by atoms with E-state index in [0.717, 1.165) is 133 Å². The molecule has 15 nitrogen and oxygen atoms in total. The zero-order valence-corrected chi connectivity index (χ0v) is 60.9. The van der Waals surface area contributed by atoms with Crippen LogP contribution >= 0.6 is 0 Å². The number of pyridine rings is 10. The number of hydrogen-bond acceptors (Lipinski definition) is 10. The zero-order valence-electron chi connectivity index (χ0n) is 60.9. The molecule has 0 aliphatic heterocycles. The van der Waals surface area contributed by atoms with Gasteiger partial charge >= 0.3 is 0 Å². The van der Waals surface area contributed by atoms with Crippen molar-refractivity contribution in [2.24, 2.45) is 35.2 Å². The molecule has 0 bridgehead atoms. The highest BCUT2D eigenvalue weighted by molar-refractivity contribution is 6.15. The maximum Gasteiger partial charge on any atom is 0.228 e. The molecule has 15 aromatic heterocycles. The molecule has 15 heteroatoms. The largest absolute Gasteiger partial charge is 0.456 e. The van der Waals surface area contributed by atoms with E-state index >= 15 is 0 Å². The third-order valence-electron chi connectivity index (χ3n) is 19.9. The minimum atomic E-state index is 0.694. The van der Waals surface area contributed by atoms with Crippen molar-refractivity contribution < 1.29 is 44.9 Å². The van der Waals surface area contributed by atoms with Gasteiger partial charge in [0.2, 0.25) is 39.9 Å². The number of para-hydroxylation sites is 2. The summed E-state index contributed by atoms with van der Waals surface area (Å²) in [5, 5.41) is 9.98. The van der Waals surface area contributed by atoms with E-state index in [9.17, 15) is 0 Å². The smallest absolute Gasteiger partial charge is 0.228 e. The summed E-state index contributed by atoms with van der Waals surface area (Å²) in [6, 6.07) is 67.7. The number of aryl methyl sites for hydroxylation is 11. The lowest BCUT2D eigenvalue weighted by Gasteiger charge is -2.06. The van der Waals surface area contributed by atoms with Crippen molar-refractivity contribution in [3.05, 3.63) is 302 Å². The lowest BCUT2D eigenvalue weighted by molar-refractivity contribution is -0.660. The van der Waals surface area contributed by atoms with E-state index in [1.54, 1.807) is 12.4 Å². The molecule has 15 heterocycles. The van der Waals surface area contributed by atoms with Gasteiger partial charge in [0, 0.05) is 129 Å². The van der Waals surface area contributed by atoms with Gasteiger partial charge in [0.05, 0.1) is 50.5 Å². The average molecular weight is 1390 g/mol. The second-order valence-corrected chi connectivity index (χ2v) is 26.9. The topological polar surface area (TPSA) is 150 Å². The van der Waals surface area contributed by atoms with E-state index in [1.807, 2.05) is 135 Å². The van der Waals surface area contributed by atoms with Crippen molar-refractivity contribution in [2.75, 3.05) is 0 Å². The number of furan rings is 5. The van der Waals surface area contributed by atoms with Crippen LogP contribution in [0.4, 0.5) is 0 Å². The van der Waals surface area contributed by atoms with E-state index in [2.05, 4.69) is 246 Å². The van der Waals surface area contributed by atoms with Crippen LogP contribution in [-0.2, 0) is 35.2 Å². The van der Waals surface area contributed by atoms with Gasteiger partial charge in [0.1, 0.15) is 74.3 Å². The first-order valence-electron chi connectivity index (χ1n) is 35.3. The van der Waals surface area contributed by atoms with E-state index in [1.165, 1.54) is 55.9 Å². The first-order valence-corrected chi connectivity index (χ1v) is 35.3. The zero-order chi connectivity index (χ0) is 72.9. The molecule has 516 valence electrons. The van der Waals surface area contributed by atoms with Crippen LogP contribution in [0.2, 0.25) is 0 Å². The summed E-state index contributed by atoms with van der Waals surface area (Å²) in [4.78, 5) is 22.1. The molecule has 0 N–H and O–H groups in total. The molecule has 20 aromatic rings. The fourth-order valence-electron chi connectivity index (χ4n) is 14.8. The summed E-state index contributed by atoms with van der Waals surface area (Å²) in [6.45, 7) is 12.7. The van der Waals surface area contributed by atoms with E-state index < -0.39 is 0 Å². The molecule has 0 radical (unpaired) electrons. The Bertz CT molecular complexity index is 6130. The Morgan fingerprint density at radius 2 is 0.708 bits per heavy atom. The minimum Gasteiger partial charge on any atom is -0.456 e. The molecule has 20 rings (SSSR count). The van der Waals surface area contributed by atoms with Crippen LogP contribution in [0, 0.1) is 41.5 Å². The van der Waals surface area contributed by atoms with Crippen molar-refractivity contribution in [3.8, 4) is 56.3 Å². The maximum absolute atomic E-state index is 5.96.